The van der Waals surface area contributed by atoms with Gasteiger partial charge < -0.3 is 5.32 Å². The molecule has 0 saturated heterocycles. The molecule has 0 aromatic heterocycles. The minimum absolute atomic E-state index is 0.00177. The molecule has 4 nitrogen and oxygen atoms in total. The number of carbonyl (C=O) groups is 1. The molecule has 0 radical (unpaired) electrons. The molecule has 0 aliphatic rings. The van der Waals surface area contributed by atoms with E-state index in [-0.39, 0.29) is 12.6 Å². The Morgan fingerprint density at radius 3 is 2.53 bits per heavy atom. The largest absolute Gasteiger partial charge is 0.413 e. The van der Waals surface area contributed by atoms with Gasteiger partial charge in [-0.3, -0.25) is 9.63 Å². The van der Waals surface area contributed by atoms with E-state index in [2.05, 4.69) is 10.2 Å². The Balaban J connectivity index is 3.48. The third kappa shape index (κ3) is 9.48. The standard InChI is InChI=1S/C8H15F3N2O2/c1-3-6(2)13-7(14)4-12-15-5-8(9,10)11/h6,12H,3-5H2,1-2H3,(H,13,14). The second kappa shape index (κ2) is 6.62. The molecule has 1 amide bonds. The molecule has 0 bridgehead atoms. The Kier molecular flexibility index (Phi) is 6.26. The molecule has 0 aromatic rings. The summed E-state index contributed by atoms with van der Waals surface area (Å²) in [5.41, 5.74) is 1.94. The molecule has 15 heavy (non-hydrogen) atoms. The Morgan fingerprint density at radius 2 is 2.07 bits per heavy atom. The summed E-state index contributed by atoms with van der Waals surface area (Å²) in [5.74, 6) is -0.397. The van der Waals surface area contributed by atoms with Gasteiger partial charge in [-0.25, -0.2) is 0 Å². The van der Waals surface area contributed by atoms with Gasteiger partial charge in [0.25, 0.3) is 0 Å². The van der Waals surface area contributed by atoms with Crippen molar-refractivity contribution >= 4 is 5.91 Å². The SMILES string of the molecule is CCC(C)NC(=O)CNOCC(F)(F)F. The van der Waals surface area contributed by atoms with Crippen molar-refractivity contribution in [2.24, 2.45) is 0 Å². The highest BCUT2D eigenvalue weighted by molar-refractivity contribution is 5.78. The predicted molar refractivity (Wildman–Crippen MR) is 47.9 cm³/mol. The Bertz CT molecular complexity index is 197. The molecule has 0 aliphatic heterocycles. The minimum Gasteiger partial charge on any atom is -0.352 e. The fourth-order valence-corrected chi connectivity index (χ4v) is 0.677. The molecule has 0 aromatic carbocycles. The average Bonchev–Trinajstić information content (AvgIpc) is 2.11. The van der Waals surface area contributed by atoms with Crippen molar-refractivity contribution in [2.45, 2.75) is 32.5 Å². The zero-order valence-electron chi connectivity index (χ0n) is 8.65. The number of hydrogen-bond acceptors (Lipinski definition) is 3. The quantitative estimate of drug-likeness (QED) is 0.526. The van der Waals surface area contributed by atoms with Gasteiger partial charge in [-0.15, -0.1) is 0 Å². The summed E-state index contributed by atoms with van der Waals surface area (Å²) in [6.45, 7) is 1.98. The van der Waals surface area contributed by atoms with Crippen LogP contribution in [-0.4, -0.2) is 31.3 Å². The van der Waals surface area contributed by atoms with E-state index in [0.29, 0.717) is 0 Å². The summed E-state index contributed by atoms with van der Waals surface area (Å²) in [7, 11) is 0. The van der Waals surface area contributed by atoms with Crippen molar-refractivity contribution in [1.29, 1.82) is 0 Å². The van der Waals surface area contributed by atoms with Crippen LogP contribution in [0.2, 0.25) is 0 Å². The number of carbonyl (C=O) groups excluding carboxylic acids is 1. The van der Waals surface area contributed by atoms with Crippen molar-refractivity contribution in [3.05, 3.63) is 0 Å². The molecule has 0 heterocycles. The van der Waals surface area contributed by atoms with E-state index >= 15 is 0 Å². The summed E-state index contributed by atoms with van der Waals surface area (Å²) in [4.78, 5) is 15.1. The van der Waals surface area contributed by atoms with E-state index in [9.17, 15) is 18.0 Å². The lowest BCUT2D eigenvalue weighted by Crippen LogP contribution is -2.39. The van der Waals surface area contributed by atoms with Gasteiger partial charge in [-0.2, -0.15) is 18.7 Å². The highest BCUT2D eigenvalue weighted by Gasteiger charge is 2.27. The number of alkyl halides is 3. The second-order valence-corrected chi connectivity index (χ2v) is 3.10. The van der Waals surface area contributed by atoms with Crippen LogP contribution >= 0.6 is 0 Å². The fraction of sp³-hybridized carbons (Fsp3) is 0.875. The first-order valence-corrected chi connectivity index (χ1v) is 4.56. The van der Waals surface area contributed by atoms with E-state index in [1.54, 1.807) is 6.92 Å². The molecule has 1 unspecified atom stereocenters. The topological polar surface area (TPSA) is 50.4 Å². The fourth-order valence-electron chi connectivity index (χ4n) is 0.677. The molecular formula is C8H15F3N2O2. The van der Waals surface area contributed by atoms with Gasteiger partial charge >= 0.3 is 6.18 Å². The number of hydroxylamine groups is 1. The first kappa shape index (κ1) is 14.2. The normalized spacial score (nSPS) is 13.7. The van der Waals surface area contributed by atoms with Crippen molar-refractivity contribution in [3.63, 3.8) is 0 Å². The van der Waals surface area contributed by atoms with Crippen molar-refractivity contribution in [3.8, 4) is 0 Å². The summed E-state index contributed by atoms with van der Waals surface area (Å²) in [5, 5.41) is 2.56. The predicted octanol–water partition coefficient (Wildman–Crippen LogP) is 0.985. The molecule has 90 valence electrons. The first-order chi connectivity index (χ1) is 6.85. The molecule has 2 N–H and O–H groups in total. The maximum Gasteiger partial charge on any atom is 0.413 e. The number of hydrogen-bond donors (Lipinski definition) is 2. The van der Waals surface area contributed by atoms with Crippen molar-refractivity contribution in [2.75, 3.05) is 13.2 Å². The minimum atomic E-state index is -4.39. The van der Waals surface area contributed by atoms with Crippen LogP contribution < -0.4 is 10.8 Å². The van der Waals surface area contributed by atoms with E-state index in [1.165, 1.54) is 0 Å². The third-order valence-electron chi connectivity index (χ3n) is 1.59. The lowest BCUT2D eigenvalue weighted by atomic mass is 10.2. The van der Waals surface area contributed by atoms with E-state index < -0.39 is 18.7 Å². The molecule has 1 atom stereocenters. The Morgan fingerprint density at radius 1 is 1.47 bits per heavy atom. The van der Waals surface area contributed by atoms with Crippen LogP contribution in [0.25, 0.3) is 0 Å². The van der Waals surface area contributed by atoms with Crippen LogP contribution in [0, 0.1) is 0 Å². The van der Waals surface area contributed by atoms with Gasteiger partial charge in [0.15, 0.2) is 6.61 Å². The van der Waals surface area contributed by atoms with Crippen molar-refractivity contribution < 1.29 is 22.8 Å². The Hall–Kier alpha value is -0.820. The van der Waals surface area contributed by atoms with E-state index in [4.69, 9.17) is 0 Å². The van der Waals surface area contributed by atoms with Gasteiger partial charge in [0.1, 0.15) is 0 Å². The number of amides is 1. The van der Waals surface area contributed by atoms with Gasteiger partial charge in [0, 0.05) is 6.04 Å². The smallest absolute Gasteiger partial charge is 0.352 e. The lowest BCUT2D eigenvalue weighted by molar-refractivity contribution is -0.189. The second-order valence-electron chi connectivity index (χ2n) is 3.10. The number of rotatable bonds is 6. The monoisotopic (exact) mass is 228 g/mol. The third-order valence-corrected chi connectivity index (χ3v) is 1.59. The molecule has 7 heteroatoms. The van der Waals surface area contributed by atoms with Crippen LogP contribution in [0.1, 0.15) is 20.3 Å². The number of nitrogens with one attached hydrogen (secondary N) is 2. The molecular weight excluding hydrogens is 213 g/mol. The summed E-state index contributed by atoms with van der Waals surface area (Å²) in [6.07, 6.45) is -3.63. The van der Waals surface area contributed by atoms with E-state index in [1.807, 2.05) is 12.4 Å². The zero-order chi connectivity index (χ0) is 11.9. The summed E-state index contributed by atoms with van der Waals surface area (Å²) in [6, 6.07) is 0.00177. The van der Waals surface area contributed by atoms with Crippen molar-refractivity contribution in [1.82, 2.24) is 10.8 Å². The molecule has 0 rings (SSSR count). The summed E-state index contributed by atoms with van der Waals surface area (Å²) >= 11 is 0. The van der Waals surface area contributed by atoms with Gasteiger partial charge in [-0.1, -0.05) is 6.92 Å². The average molecular weight is 228 g/mol. The van der Waals surface area contributed by atoms with Gasteiger partial charge in [-0.05, 0) is 13.3 Å². The van der Waals surface area contributed by atoms with Crippen LogP contribution in [0.15, 0.2) is 0 Å². The van der Waals surface area contributed by atoms with Crippen LogP contribution in [0.5, 0.6) is 0 Å². The molecule has 0 aliphatic carbocycles. The van der Waals surface area contributed by atoms with Crippen LogP contribution in [0.3, 0.4) is 0 Å². The lowest BCUT2D eigenvalue weighted by Gasteiger charge is -2.12. The Labute approximate surface area is 86.1 Å². The maximum atomic E-state index is 11.6. The van der Waals surface area contributed by atoms with Crippen LogP contribution in [-0.2, 0) is 9.63 Å². The zero-order valence-corrected chi connectivity index (χ0v) is 8.65. The highest BCUT2D eigenvalue weighted by atomic mass is 19.4. The summed E-state index contributed by atoms with van der Waals surface area (Å²) < 4.78 is 34.7. The maximum absolute atomic E-state index is 11.6. The van der Waals surface area contributed by atoms with Gasteiger partial charge in [0.2, 0.25) is 5.91 Å². The van der Waals surface area contributed by atoms with Gasteiger partial charge in [0.05, 0.1) is 6.54 Å². The highest BCUT2D eigenvalue weighted by Crippen LogP contribution is 2.13. The molecule has 0 fully saturated rings. The molecule has 0 spiro atoms. The number of halogens is 3. The van der Waals surface area contributed by atoms with E-state index in [0.717, 1.165) is 6.42 Å². The first-order valence-electron chi connectivity index (χ1n) is 4.56. The van der Waals surface area contributed by atoms with Crippen LogP contribution in [0.4, 0.5) is 13.2 Å². The molecule has 0 saturated carbocycles.